The molecule has 0 heterocycles. The van der Waals surface area contributed by atoms with Gasteiger partial charge in [-0.25, -0.2) is 8.78 Å². The molecule has 0 unspecified atom stereocenters. The Bertz CT molecular complexity index is 2540. The summed E-state index contributed by atoms with van der Waals surface area (Å²) >= 11 is 5.93. The molecule has 0 aliphatic carbocycles. The number of hydrogen-bond acceptors (Lipinski definition) is 8. The Labute approximate surface area is 399 Å². The van der Waals surface area contributed by atoms with Crippen molar-refractivity contribution in [2.24, 2.45) is 0 Å². The molecule has 1 N–H and O–H groups in total. The van der Waals surface area contributed by atoms with Gasteiger partial charge in [0.05, 0.1) is 28.4 Å². The summed E-state index contributed by atoms with van der Waals surface area (Å²) in [6.45, 7) is 13.0. The van der Waals surface area contributed by atoms with Gasteiger partial charge in [0.25, 0.3) is 0 Å². The van der Waals surface area contributed by atoms with E-state index in [1.165, 1.54) is 26.4 Å². The van der Waals surface area contributed by atoms with Gasteiger partial charge in [0, 0.05) is 29.8 Å². The van der Waals surface area contributed by atoms with Gasteiger partial charge in [-0.1, -0.05) is 90.1 Å². The van der Waals surface area contributed by atoms with E-state index in [9.17, 15) is 18.4 Å². The van der Waals surface area contributed by atoms with Crippen LogP contribution in [0.15, 0.2) is 121 Å². The van der Waals surface area contributed by atoms with Gasteiger partial charge in [-0.2, -0.15) is 0 Å². The first-order chi connectivity index (χ1) is 31.8. The fraction of sp³-hybridized carbons (Fsp3) is 0.321. The lowest BCUT2D eigenvalue weighted by molar-refractivity contribution is -0.141. The van der Waals surface area contributed by atoms with Gasteiger partial charge in [0.15, 0.2) is 0 Å². The second kappa shape index (κ2) is 24.9. The molecule has 0 aliphatic heterocycles. The van der Waals surface area contributed by atoms with Crippen molar-refractivity contribution < 1.29 is 47.2 Å². The van der Waals surface area contributed by atoms with Crippen LogP contribution in [0.5, 0.6) is 23.0 Å². The molecule has 0 bridgehead atoms. The summed E-state index contributed by atoms with van der Waals surface area (Å²) in [5.74, 6) is 1.64. The summed E-state index contributed by atoms with van der Waals surface area (Å²) in [7, 11) is 5.92. The molecule has 0 aliphatic rings. The number of rotatable bonds is 14. The first-order valence-corrected chi connectivity index (χ1v) is 22.5. The summed E-state index contributed by atoms with van der Waals surface area (Å²) < 4.78 is 54.8. The molecular formula is C56H63ClF2O8. The molecule has 11 heteroatoms. The topological polar surface area (TPSA) is 101 Å². The zero-order chi connectivity index (χ0) is 49.3. The molecule has 0 saturated heterocycles. The lowest BCUT2D eigenvalue weighted by Crippen LogP contribution is -2.13. The minimum Gasteiger partial charge on any atom is -0.508 e. The van der Waals surface area contributed by atoms with Crippen LogP contribution < -0.4 is 14.2 Å². The highest BCUT2D eigenvalue weighted by atomic mass is 35.5. The predicted molar refractivity (Wildman–Crippen MR) is 263 cm³/mol. The highest BCUT2D eigenvalue weighted by Gasteiger charge is 2.23. The number of aryl methyl sites for hydroxylation is 2. The second-order valence-corrected chi connectivity index (χ2v) is 18.1. The standard InChI is InChI=1S/C28H31FO4.C18H20ClFO.C10H12O3/c1-28(2,3)25-13-8-20(16-23(25)24-17-22(31-4)12-14-26(24)29)18-33-21-10-6-19(7-11-21)9-15-27(30)32-5;1-18(2,3)16-7-5-12(11-19)9-14(16)15-10-13(21-4)6-8-17(15)20;1-13-10(12)7-4-8-2-5-9(11)6-3-8/h6-8,10-14,16-17H,9,15,18H2,1-5H3;5-10H,11H2,1-4H3;2-3,5-6,11H,4,7H2,1H3. The summed E-state index contributed by atoms with van der Waals surface area (Å²) in [4.78, 5) is 22.1. The zero-order valence-corrected chi connectivity index (χ0v) is 41.0. The Morgan fingerprint density at radius 1 is 0.507 bits per heavy atom. The van der Waals surface area contributed by atoms with E-state index in [-0.39, 0.29) is 40.2 Å². The van der Waals surface area contributed by atoms with Crippen LogP contribution in [-0.2, 0) is 55.2 Å². The molecule has 0 spiro atoms. The summed E-state index contributed by atoms with van der Waals surface area (Å²) in [5.41, 5.74) is 8.62. The quantitative estimate of drug-likeness (QED) is 0.0851. The van der Waals surface area contributed by atoms with E-state index in [0.29, 0.717) is 60.8 Å². The Hall–Kier alpha value is -6.39. The monoisotopic (exact) mass is 936 g/mol. The van der Waals surface area contributed by atoms with Crippen molar-refractivity contribution in [2.75, 3.05) is 28.4 Å². The predicted octanol–water partition coefficient (Wildman–Crippen LogP) is 13.5. The Morgan fingerprint density at radius 3 is 1.30 bits per heavy atom. The van der Waals surface area contributed by atoms with Gasteiger partial charge in [0.2, 0.25) is 0 Å². The fourth-order valence-electron chi connectivity index (χ4n) is 7.06. The van der Waals surface area contributed by atoms with Crippen molar-refractivity contribution in [3.63, 3.8) is 0 Å². The van der Waals surface area contributed by atoms with Crippen molar-refractivity contribution in [3.8, 4) is 45.3 Å². The van der Waals surface area contributed by atoms with Gasteiger partial charge in [0.1, 0.15) is 41.2 Å². The number of alkyl halides is 1. The number of phenols is 1. The van der Waals surface area contributed by atoms with Crippen molar-refractivity contribution in [1.82, 2.24) is 0 Å². The van der Waals surface area contributed by atoms with Gasteiger partial charge < -0.3 is 28.8 Å². The number of carbonyl (C=O) groups excluding carboxylic acids is 2. The SMILES string of the molecule is COC(=O)CCc1ccc(O)cc1.COC(=O)CCc1ccc(OCc2ccc(C(C)(C)C)c(-c3cc(OC)ccc3F)c2)cc1.COc1ccc(F)c(-c2cc(CCl)ccc2C(C)(C)C)c1. The third kappa shape index (κ3) is 16.2. The van der Waals surface area contributed by atoms with E-state index in [2.05, 4.69) is 51.0 Å². The lowest BCUT2D eigenvalue weighted by atomic mass is 9.81. The van der Waals surface area contributed by atoms with Crippen LogP contribution in [0.25, 0.3) is 22.3 Å². The van der Waals surface area contributed by atoms with E-state index in [4.69, 9.17) is 30.9 Å². The van der Waals surface area contributed by atoms with Crippen LogP contribution in [0.1, 0.15) is 87.8 Å². The number of phenolic OH excluding ortho intramolecular Hbond substituents is 1. The van der Waals surface area contributed by atoms with Gasteiger partial charge in [-0.3, -0.25) is 9.59 Å². The first kappa shape index (κ1) is 53.2. The van der Waals surface area contributed by atoms with Crippen molar-refractivity contribution >= 4 is 23.5 Å². The van der Waals surface area contributed by atoms with Crippen molar-refractivity contribution in [2.45, 2.75) is 90.5 Å². The highest BCUT2D eigenvalue weighted by molar-refractivity contribution is 6.17. The summed E-state index contributed by atoms with van der Waals surface area (Å²) in [6, 6.07) is 36.1. The largest absolute Gasteiger partial charge is 0.508 e. The maximum absolute atomic E-state index is 14.8. The zero-order valence-electron chi connectivity index (χ0n) is 40.2. The number of aromatic hydroxyl groups is 1. The molecule has 0 fully saturated rings. The normalized spacial score (nSPS) is 11.0. The van der Waals surface area contributed by atoms with E-state index in [1.54, 1.807) is 62.8 Å². The highest BCUT2D eigenvalue weighted by Crippen LogP contribution is 2.38. The molecule has 6 aromatic rings. The molecule has 8 nitrogen and oxygen atoms in total. The van der Waals surface area contributed by atoms with Crippen molar-refractivity contribution in [3.05, 3.63) is 166 Å². The van der Waals surface area contributed by atoms with Crippen LogP contribution in [0.3, 0.4) is 0 Å². The molecule has 0 aromatic heterocycles. The van der Waals surface area contributed by atoms with Crippen LogP contribution in [0, 0.1) is 11.6 Å². The van der Waals surface area contributed by atoms with Gasteiger partial charge in [-0.05, 0) is 141 Å². The fourth-order valence-corrected chi connectivity index (χ4v) is 7.23. The van der Waals surface area contributed by atoms with Crippen molar-refractivity contribution in [1.29, 1.82) is 0 Å². The van der Waals surface area contributed by atoms with Crippen LogP contribution in [0.4, 0.5) is 8.78 Å². The first-order valence-electron chi connectivity index (χ1n) is 21.9. The Kier molecular flexibility index (Phi) is 19.8. The minimum absolute atomic E-state index is 0.0876. The maximum atomic E-state index is 14.8. The molecular weight excluding hydrogens is 874 g/mol. The molecule has 356 valence electrons. The number of methoxy groups -OCH3 is 4. The molecule has 0 radical (unpaired) electrons. The lowest BCUT2D eigenvalue weighted by Gasteiger charge is -2.24. The minimum atomic E-state index is -0.290. The van der Waals surface area contributed by atoms with E-state index >= 15 is 0 Å². The molecule has 0 atom stereocenters. The third-order valence-electron chi connectivity index (χ3n) is 10.8. The second-order valence-electron chi connectivity index (χ2n) is 17.8. The Morgan fingerprint density at radius 2 is 0.896 bits per heavy atom. The third-order valence-corrected chi connectivity index (χ3v) is 11.1. The number of benzene rings is 6. The number of esters is 2. The molecule has 6 aromatic carbocycles. The summed E-state index contributed by atoms with van der Waals surface area (Å²) in [6.07, 6.45) is 1.99. The van der Waals surface area contributed by atoms with Crippen LogP contribution in [0.2, 0.25) is 0 Å². The summed E-state index contributed by atoms with van der Waals surface area (Å²) in [5, 5.41) is 8.99. The Balaban J connectivity index is 0.000000245. The van der Waals surface area contributed by atoms with Crippen LogP contribution in [-0.4, -0.2) is 45.5 Å². The van der Waals surface area contributed by atoms with Crippen LogP contribution >= 0.6 is 11.6 Å². The average molecular weight is 938 g/mol. The molecule has 0 amide bonds. The van der Waals surface area contributed by atoms with E-state index in [0.717, 1.165) is 50.3 Å². The maximum Gasteiger partial charge on any atom is 0.305 e. The molecule has 0 saturated carbocycles. The number of ether oxygens (including phenoxy) is 5. The number of carbonyl (C=O) groups is 2. The number of halogens is 3. The van der Waals surface area contributed by atoms with Gasteiger partial charge in [-0.15, -0.1) is 11.6 Å². The average Bonchev–Trinajstić information content (AvgIpc) is 3.32. The smallest absolute Gasteiger partial charge is 0.305 e. The molecule has 6 rings (SSSR count). The number of hydrogen-bond donors (Lipinski definition) is 1. The van der Waals surface area contributed by atoms with Gasteiger partial charge >= 0.3 is 11.9 Å². The molecule has 67 heavy (non-hydrogen) atoms. The van der Waals surface area contributed by atoms with E-state index in [1.807, 2.05) is 60.7 Å². The van der Waals surface area contributed by atoms with E-state index < -0.39 is 0 Å².